The molecule has 0 saturated carbocycles. The molecule has 0 spiro atoms. The van der Waals surface area contributed by atoms with Crippen molar-refractivity contribution in [1.29, 1.82) is 0 Å². The Morgan fingerprint density at radius 2 is 1.67 bits per heavy atom. The highest BCUT2D eigenvalue weighted by Gasteiger charge is 2.29. The zero-order valence-corrected chi connectivity index (χ0v) is 17.5. The maximum absolute atomic E-state index is 12.6. The van der Waals surface area contributed by atoms with Crippen LogP contribution in [0.4, 0.5) is 4.79 Å². The molecule has 8 heteroatoms. The number of nitrogens with zero attached hydrogens (tertiary/aromatic N) is 1. The molecule has 158 valence electrons. The normalized spacial score (nSPS) is 12.0. The van der Waals surface area contributed by atoms with Crippen LogP contribution in [0.5, 0.6) is 0 Å². The second kappa shape index (κ2) is 10.2. The maximum atomic E-state index is 12.6. The molecule has 1 aliphatic carbocycles. The average Bonchev–Trinajstić information content (AvgIpc) is 3.04. The molecular weight excluding hydrogens is 404 g/mol. The maximum Gasteiger partial charge on any atom is 0.410 e. The molecule has 2 aromatic carbocycles. The van der Waals surface area contributed by atoms with Gasteiger partial charge >= 0.3 is 12.1 Å². The highest BCUT2D eigenvalue weighted by atomic mass is 32.2. The van der Waals surface area contributed by atoms with Crippen molar-refractivity contribution in [2.45, 2.75) is 12.8 Å². The van der Waals surface area contributed by atoms with E-state index in [1.165, 1.54) is 23.6 Å². The van der Waals surface area contributed by atoms with Crippen LogP contribution < -0.4 is 5.32 Å². The Morgan fingerprint density at radius 1 is 1.07 bits per heavy atom. The molecule has 0 atom stereocenters. The Bertz CT molecular complexity index is 888. The number of carbonyl (C=O) groups is 3. The zero-order chi connectivity index (χ0) is 21.5. The Labute approximate surface area is 179 Å². The number of ether oxygens (including phenoxy) is 1. The van der Waals surface area contributed by atoms with Gasteiger partial charge in [-0.3, -0.25) is 14.5 Å². The molecule has 2 amide bonds. The van der Waals surface area contributed by atoms with Crippen LogP contribution in [0.1, 0.15) is 24.0 Å². The molecule has 0 saturated heterocycles. The van der Waals surface area contributed by atoms with Gasteiger partial charge in [-0.15, -0.1) is 11.8 Å². The Kier molecular flexibility index (Phi) is 7.35. The fourth-order valence-electron chi connectivity index (χ4n) is 3.48. The second-order valence-electron chi connectivity index (χ2n) is 6.90. The van der Waals surface area contributed by atoms with Gasteiger partial charge in [-0.2, -0.15) is 0 Å². The van der Waals surface area contributed by atoms with Gasteiger partial charge in [0.25, 0.3) is 0 Å². The van der Waals surface area contributed by atoms with E-state index in [0.29, 0.717) is 11.6 Å². The lowest BCUT2D eigenvalue weighted by Gasteiger charge is -2.22. The van der Waals surface area contributed by atoms with Gasteiger partial charge in [-0.25, -0.2) is 4.79 Å². The number of carboxylic acids is 1. The lowest BCUT2D eigenvalue weighted by molar-refractivity contribution is -0.138. The third kappa shape index (κ3) is 5.33. The number of aliphatic carboxylic acids is 1. The first-order valence-electron chi connectivity index (χ1n) is 9.61. The fourth-order valence-corrected chi connectivity index (χ4v) is 4.28. The van der Waals surface area contributed by atoms with Crippen LogP contribution in [0.3, 0.4) is 0 Å². The molecule has 0 fully saturated rings. The number of carbonyl (C=O) groups excluding carboxylic acids is 2. The third-order valence-electron chi connectivity index (χ3n) is 4.85. The van der Waals surface area contributed by atoms with Gasteiger partial charge in [0.05, 0.1) is 5.88 Å². The topological polar surface area (TPSA) is 95.9 Å². The van der Waals surface area contributed by atoms with Crippen LogP contribution in [0.2, 0.25) is 0 Å². The van der Waals surface area contributed by atoms with E-state index in [1.807, 2.05) is 36.4 Å². The molecule has 30 heavy (non-hydrogen) atoms. The summed E-state index contributed by atoms with van der Waals surface area (Å²) in [6.45, 7) is 1.35. The number of fused-ring (bicyclic) bond motifs is 3. The predicted octanol–water partition coefficient (Wildman–Crippen LogP) is 3.15. The third-order valence-corrected chi connectivity index (χ3v) is 5.67. The number of benzene rings is 2. The van der Waals surface area contributed by atoms with Gasteiger partial charge in [0, 0.05) is 25.1 Å². The second-order valence-corrected chi connectivity index (χ2v) is 8.01. The monoisotopic (exact) mass is 428 g/mol. The van der Waals surface area contributed by atoms with Crippen LogP contribution in [-0.4, -0.2) is 59.3 Å². The minimum Gasteiger partial charge on any atom is -0.480 e. The number of thioether (sulfide) groups is 1. The number of rotatable bonds is 9. The minimum absolute atomic E-state index is 0.0813. The van der Waals surface area contributed by atoms with Crippen molar-refractivity contribution in [2.75, 3.05) is 31.3 Å². The van der Waals surface area contributed by atoms with Gasteiger partial charge in [0.15, 0.2) is 0 Å². The molecule has 3 rings (SSSR count). The first-order valence-corrected chi connectivity index (χ1v) is 10.8. The van der Waals surface area contributed by atoms with E-state index in [9.17, 15) is 14.4 Å². The quantitative estimate of drug-likeness (QED) is 0.471. The number of nitrogens with one attached hydrogen (secondary N) is 1. The lowest BCUT2D eigenvalue weighted by Crippen LogP contribution is -2.38. The fraction of sp³-hybridized carbons (Fsp3) is 0.318. The van der Waals surface area contributed by atoms with Crippen LogP contribution in [0.25, 0.3) is 11.1 Å². The lowest BCUT2D eigenvalue weighted by atomic mass is 9.98. The van der Waals surface area contributed by atoms with Crippen LogP contribution in [-0.2, 0) is 14.3 Å². The Balaban J connectivity index is 1.62. The predicted molar refractivity (Wildman–Crippen MR) is 115 cm³/mol. The van der Waals surface area contributed by atoms with Gasteiger partial charge in [-0.1, -0.05) is 48.5 Å². The van der Waals surface area contributed by atoms with Crippen molar-refractivity contribution >= 4 is 29.7 Å². The van der Waals surface area contributed by atoms with Gasteiger partial charge in [-0.05, 0) is 22.3 Å². The molecule has 0 aliphatic heterocycles. The first-order chi connectivity index (χ1) is 14.5. The number of carboxylic acid groups (broad SMARTS) is 1. The van der Waals surface area contributed by atoms with Crippen molar-refractivity contribution in [3.8, 4) is 11.1 Å². The van der Waals surface area contributed by atoms with E-state index in [-0.39, 0.29) is 25.0 Å². The van der Waals surface area contributed by atoms with Gasteiger partial charge < -0.3 is 15.2 Å². The molecule has 1 aliphatic rings. The minimum atomic E-state index is -1.10. The highest BCUT2D eigenvalue weighted by molar-refractivity contribution is 7.99. The first kappa shape index (κ1) is 21.7. The molecule has 7 nitrogen and oxygen atoms in total. The zero-order valence-electron chi connectivity index (χ0n) is 16.7. The standard InChI is InChI=1S/C22H24N2O5S/c1-15(25)23-14-30-11-10-24(12-21(26)27)22(28)29-13-20-18-8-4-2-6-16(18)17-7-3-5-9-19(17)20/h2-9,20H,10-14H2,1H3,(H,23,25)(H,26,27). The molecule has 0 unspecified atom stereocenters. The van der Waals surface area contributed by atoms with Crippen molar-refractivity contribution in [1.82, 2.24) is 10.2 Å². The summed E-state index contributed by atoms with van der Waals surface area (Å²) in [5, 5.41) is 11.8. The molecule has 2 aromatic rings. The van der Waals surface area contributed by atoms with Crippen molar-refractivity contribution in [3.05, 3.63) is 59.7 Å². The summed E-state index contributed by atoms with van der Waals surface area (Å²) in [7, 11) is 0. The van der Waals surface area contributed by atoms with E-state index in [0.717, 1.165) is 22.3 Å². The largest absolute Gasteiger partial charge is 0.480 e. The highest BCUT2D eigenvalue weighted by Crippen LogP contribution is 2.44. The van der Waals surface area contributed by atoms with Crippen molar-refractivity contribution < 1.29 is 24.2 Å². The smallest absolute Gasteiger partial charge is 0.410 e. The number of amides is 2. The number of hydrogen-bond donors (Lipinski definition) is 2. The molecule has 0 radical (unpaired) electrons. The van der Waals surface area contributed by atoms with E-state index in [2.05, 4.69) is 17.4 Å². The van der Waals surface area contributed by atoms with Gasteiger partial charge in [0.1, 0.15) is 13.2 Å². The van der Waals surface area contributed by atoms with E-state index in [4.69, 9.17) is 9.84 Å². The molecular formula is C22H24N2O5S. The van der Waals surface area contributed by atoms with Crippen LogP contribution in [0, 0.1) is 0 Å². The van der Waals surface area contributed by atoms with E-state index >= 15 is 0 Å². The SMILES string of the molecule is CC(=O)NCSCCN(CC(=O)O)C(=O)OCC1c2ccccc2-c2ccccc21. The summed E-state index contributed by atoms with van der Waals surface area (Å²) >= 11 is 1.40. The summed E-state index contributed by atoms with van der Waals surface area (Å²) in [4.78, 5) is 35.8. The summed E-state index contributed by atoms with van der Waals surface area (Å²) in [6, 6.07) is 16.1. The summed E-state index contributed by atoms with van der Waals surface area (Å²) < 4.78 is 5.54. The molecule has 0 aromatic heterocycles. The van der Waals surface area contributed by atoms with E-state index in [1.54, 1.807) is 0 Å². The van der Waals surface area contributed by atoms with Crippen LogP contribution >= 0.6 is 11.8 Å². The van der Waals surface area contributed by atoms with Crippen molar-refractivity contribution in [2.24, 2.45) is 0 Å². The molecule has 2 N–H and O–H groups in total. The average molecular weight is 429 g/mol. The number of hydrogen-bond acceptors (Lipinski definition) is 5. The van der Waals surface area contributed by atoms with Crippen molar-refractivity contribution in [3.63, 3.8) is 0 Å². The summed E-state index contributed by atoms with van der Waals surface area (Å²) in [5.74, 6) is -0.433. The summed E-state index contributed by atoms with van der Waals surface area (Å²) in [6.07, 6.45) is -0.653. The Hall–Kier alpha value is -3.00. The Morgan fingerprint density at radius 3 is 2.23 bits per heavy atom. The molecule has 0 heterocycles. The summed E-state index contributed by atoms with van der Waals surface area (Å²) in [5.41, 5.74) is 4.46. The van der Waals surface area contributed by atoms with Gasteiger partial charge in [0.2, 0.25) is 5.91 Å². The van der Waals surface area contributed by atoms with E-state index < -0.39 is 18.6 Å². The van der Waals surface area contributed by atoms with Crippen LogP contribution in [0.15, 0.2) is 48.5 Å². The molecule has 0 bridgehead atoms.